The van der Waals surface area contributed by atoms with Crippen LogP contribution in [0.1, 0.15) is 19.4 Å². The minimum absolute atomic E-state index is 0.195. The molecule has 8 heteroatoms. The van der Waals surface area contributed by atoms with Crippen molar-refractivity contribution in [2.24, 2.45) is 0 Å². The average molecular weight is 431 g/mol. The molecule has 0 N–H and O–H groups in total. The van der Waals surface area contributed by atoms with E-state index in [9.17, 15) is 18.0 Å². The van der Waals surface area contributed by atoms with Gasteiger partial charge in [-0.3, -0.25) is 4.79 Å². The summed E-state index contributed by atoms with van der Waals surface area (Å²) < 4.78 is 31.3. The second-order valence-electron chi connectivity index (χ2n) is 6.39. The molecule has 0 radical (unpaired) electrons. The Bertz CT molecular complexity index is 982. The van der Waals surface area contributed by atoms with E-state index >= 15 is 0 Å². The molecule has 1 amide bonds. The molecule has 0 spiro atoms. The molecule has 0 aliphatic carbocycles. The second kappa shape index (κ2) is 10.7. The molecule has 0 fully saturated rings. The number of anilines is 1. The molecule has 2 rings (SSSR count). The van der Waals surface area contributed by atoms with Crippen LogP contribution in [0.25, 0.3) is 6.08 Å². The third-order valence-electron chi connectivity index (χ3n) is 4.49. The Balaban J connectivity index is 1.93. The fourth-order valence-electron chi connectivity index (χ4n) is 2.70. The van der Waals surface area contributed by atoms with Crippen molar-refractivity contribution in [3.8, 4) is 0 Å². The zero-order valence-electron chi connectivity index (χ0n) is 17.3. The Hall–Kier alpha value is -2.97. The number of sulfonamides is 1. The Kier molecular flexibility index (Phi) is 8.32. The summed E-state index contributed by atoms with van der Waals surface area (Å²) in [5, 5.41) is 0. The van der Waals surface area contributed by atoms with Crippen LogP contribution in [0.3, 0.4) is 0 Å². The summed E-state index contributed by atoms with van der Waals surface area (Å²) in [7, 11) is -1.92. The number of amides is 1. The molecule has 2 aromatic carbocycles. The van der Waals surface area contributed by atoms with Gasteiger partial charge in [0.15, 0.2) is 6.61 Å². The SMILES string of the molecule is CCN(CC)S(=O)(=O)c1ccc(C=CC(=O)OCC(=O)N(C)c2ccccc2)cc1. The number of hydrogen-bond donors (Lipinski definition) is 0. The predicted octanol–water partition coefficient (Wildman–Crippen LogP) is 2.94. The van der Waals surface area contributed by atoms with Gasteiger partial charge >= 0.3 is 5.97 Å². The van der Waals surface area contributed by atoms with E-state index in [4.69, 9.17) is 4.74 Å². The average Bonchev–Trinajstić information content (AvgIpc) is 2.77. The van der Waals surface area contributed by atoms with Crippen LogP contribution in [-0.2, 0) is 24.3 Å². The molecule has 2 aromatic rings. The van der Waals surface area contributed by atoms with Crippen LogP contribution in [0.2, 0.25) is 0 Å². The smallest absolute Gasteiger partial charge is 0.331 e. The summed E-state index contributed by atoms with van der Waals surface area (Å²) in [5.74, 6) is -1.02. The predicted molar refractivity (Wildman–Crippen MR) is 116 cm³/mol. The number of carbonyl (C=O) groups is 2. The topological polar surface area (TPSA) is 84.0 Å². The van der Waals surface area contributed by atoms with E-state index in [1.54, 1.807) is 45.2 Å². The molecule has 0 aliphatic rings. The van der Waals surface area contributed by atoms with Crippen LogP contribution in [0.5, 0.6) is 0 Å². The van der Waals surface area contributed by atoms with Gasteiger partial charge in [-0.25, -0.2) is 13.2 Å². The zero-order valence-corrected chi connectivity index (χ0v) is 18.1. The van der Waals surface area contributed by atoms with Gasteiger partial charge in [0.05, 0.1) is 4.90 Å². The van der Waals surface area contributed by atoms with Crippen molar-refractivity contribution < 1.29 is 22.7 Å². The molecule has 7 nitrogen and oxygen atoms in total. The van der Waals surface area contributed by atoms with Crippen molar-refractivity contribution in [2.45, 2.75) is 18.7 Å². The number of carbonyl (C=O) groups excluding carboxylic acids is 2. The summed E-state index contributed by atoms with van der Waals surface area (Å²) in [6.45, 7) is 3.98. The monoisotopic (exact) mass is 430 g/mol. The number of benzene rings is 2. The number of ether oxygens (including phenoxy) is 1. The molecule has 0 unspecified atom stereocenters. The lowest BCUT2D eigenvalue weighted by molar-refractivity contribution is -0.142. The van der Waals surface area contributed by atoms with Crippen molar-refractivity contribution in [3.63, 3.8) is 0 Å². The first-order valence-corrected chi connectivity index (χ1v) is 11.0. The summed E-state index contributed by atoms with van der Waals surface area (Å²) >= 11 is 0. The molecule has 0 bridgehead atoms. The van der Waals surface area contributed by atoms with E-state index in [0.29, 0.717) is 24.3 Å². The lowest BCUT2D eigenvalue weighted by Crippen LogP contribution is -2.30. The van der Waals surface area contributed by atoms with Crippen molar-refractivity contribution in [1.29, 1.82) is 0 Å². The molecule has 0 aromatic heterocycles. The molecule has 0 heterocycles. The minimum atomic E-state index is -3.52. The van der Waals surface area contributed by atoms with Crippen LogP contribution in [0, 0.1) is 0 Å². The zero-order chi connectivity index (χ0) is 22.1. The van der Waals surface area contributed by atoms with E-state index < -0.39 is 16.0 Å². The first kappa shape index (κ1) is 23.3. The summed E-state index contributed by atoms with van der Waals surface area (Å²) in [6.07, 6.45) is 2.70. The highest BCUT2D eigenvalue weighted by Crippen LogP contribution is 2.17. The maximum atomic E-state index is 12.5. The third-order valence-corrected chi connectivity index (χ3v) is 6.55. The van der Waals surface area contributed by atoms with Gasteiger partial charge < -0.3 is 9.64 Å². The highest BCUT2D eigenvalue weighted by Gasteiger charge is 2.21. The van der Waals surface area contributed by atoms with Gasteiger partial charge in [-0.15, -0.1) is 0 Å². The van der Waals surface area contributed by atoms with Crippen LogP contribution < -0.4 is 4.90 Å². The fraction of sp³-hybridized carbons (Fsp3) is 0.273. The van der Waals surface area contributed by atoms with E-state index in [-0.39, 0.29) is 17.4 Å². The number of likely N-dealkylation sites (N-methyl/N-ethyl adjacent to an activating group) is 1. The van der Waals surface area contributed by atoms with Crippen molar-refractivity contribution >= 4 is 33.7 Å². The number of rotatable bonds is 9. The maximum Gasteiger partial charge on any atom is 0.331 e. The standard InChI is InChI=1S/C22H26N2O5S/c1-4-24(5-2)30(27,28)20-14-11-18(12-15-20)13-16-22(26)29-17-21(25)23(3)19-9-7-6-8-10-19/h6-16H,4-5,17H2,1-3H3. The summed E-state index contributed by atoms with van der Waals surface area (Å²) in [6, 6.07) is 15.2. The van der Waals surface area contributed by atoms with Gasteiger partial charge in [0.25, 0.3) is 5.91 Å². The lowest BCUT2D eigenvalue weighted by Gasteiger charge is -2.18. The highest BCUT2D eigenvalue weighted by atomic mass is 32.2. The van der Waals surface area contributed by atoms with Crippen LogP contribution in [-0.4, -0.2) is 51.3 Å². The molecule has 0 saturated carbocycles. The van der Waals surface area contributed by atoms with Gasteiger partial charge in [-0.1, -0.05) is 44.2 Å². The van der Waals surface area contributed by atoms with E-state index in [0.717, 1.165) is 0 Å². The van der Waals surface area contributed by atoms with Gasteiger partial charge in [0.2, 0.25) is 10.0 Å². The highest BCUT2D eigenvalue weighted by molar-refractivity contribution is 7.89. The Morgan fingerprint density at radius 1 is 0.967 bits per heavy atom. The normalized spacial score (nSPS) is 11.6. The number of nitrogens with zero attached hydrogens (tertiary/aromatic N) is 2. The first-order valence-electron chi connectivity index (χ1n) is 9.56. The first-order chi connectivity index (χ1) is 14.3. The van der Waals surface area contributed by atoms with Gasteiger partial charge in [0.1, 0.15) is 0 Å². The van der Waals surface area contributed by atoms with Crippen LogP contribution >= 0.6 is 0 Å². The van der Waals surface area contributed by atoms with Crippen LogP contribution in [0.4, 0.5) is 5.69 Å². The molecule has 0 saturated heterocycles. The van der Waals surface area contributed by atoms with Gasteiger partial charge in [0, 0.05) is 31.9 Å². The molecular weight excluding hydrogens is 404 g/mol. The molecule has 160 valence electrons. The third kappa shape index (κ3) is 6.01. The maximum absolute atomic E-state index is 12.5. The summed E-state index contributed by atoms with van der Waals surface area (Å²) in [5.41, 5.74) is 1.34. The van der Waals surface area contributed by atoms with Crippen molar-refractivity contribution in [1.82, 2.24) is 4.31 Å². The molecule has 0 aliphatic heterocycles. The lowest BCUT2D eigenvalue weighted by atomic mass is 10.2. The number of para-hydroxylation sites is 1. The number of hydrogen-bond acceptors (Lipinski definition) is 5. The summed E-state index contributed by atoms with van der Waals surface area (Å²) in [4.78, 5) is 25.6. The largest absolute Gasteiger partial charge is 0.452 e. The quantitative estimate of drug-likeness (QED) is 0.451. The Morgan fingerprint density at radius 3 is 2.13 bits per heavy atom. The van der Waals surface area contributed by atoms with E-state index in [1.165, 1.54) is 33.5 Å². The van der Waals surface area contributed by atoms with Crippen molar-refractivity contribution in [3.05, 3.63) is 66.2 Å². The molecule has 0 atom stereocenters. The Morgan fingerprint density at radius 2 is 1.57 bits per heavy atom. The van der Waals surface area contributed by atoms with E-state index in [2.05, 4.69) is 0 Å². The molecule has 30 heavy (non-hydrogen) atoms. The van der Waals surface area contributed by atoms with E-state index in [1.807, 2.05) is 18.2 Å². The van der Waals surface area contributed by atoms with Gasteiger partial charge in [-0.05, 0) is 35.9 Å². The minimum Gasteiger partial charge on any atom is -0.452 e. The fourth-order valence-corrected chi connectivity index (χ4v) is 4.16. The van der Waals surface area contributed by atoms with Crippen LogP contribution in [0.15, 0.2) is 65.6 Å². The molecular formula is C22H26N2O5S. The Labute approximate surface area is 177 Å². The van der Waals surface area contributed by atoms with Crippen molar-refractivity contribution in [2.75, 3.05) is 31.6 Å². The van der Waals surface area contributed by atoms with Gasteiger partial charge in [-0.2, -0.15) is 4.31 Å². The number of esters is 1. The second-order valence-corrected chi connectivity index (χ2v) is 8.33.